The molecule has 1 aliphatic carbocycles. The van der Waals surface area contributed by atoms with Crippen LogP contribution in [0.5, 0.6) is 0 Å². The maximum absolute atomic E-state index is 11.6. The van der Waals surface area contributed by atoms with Crippen LogP contribution in [-0.2, 0) is 17.6 Å². The molecular weight excluding hydrogens is 444 g/mol. The van der Waals surface area contributed by atoms with Gasteiger partial charge in [-0.1, -0.05) is 22.9 Å². The van der Waals surface area contributed by atoms with Crippen LogP contribution >= 0.6 is 22.9 Å². The minimum absolute atomic E-state index is 0.138. The number of benzene rings is 1. The Kier molecular flexibility index (Phi) is 5.32. The van der Waals surface area contributed by atoms with Crippen LogP contribution in [0, 0.1) is 0 Å². The average molecular weight is 463 g/mol. The van der Waals surface area contributed by atoms with Gasteiger partial charge in [0.2, 0.25) is 5.91 Å². The summed E-state index contributed by atoms with van der Waals surface area (Å²) in [5, 5.41) is 9.00. The third-order valence-corrected chi connectivity index (χ3v) is 6.57. The Morgan fingerprint density at radius 3 is 2.91 bits per heavy atom. The number of hydrogen-bond donors (Lipinski definition) is 1. The zero-order valence-corrected chi connectivity index (χ0v) is 19.0. The molecule has 0 saturated heterocycles. The fourth-order valence-corrected chi connectivity index (χ4v) is 5.23. The van der Waals surface area contributed by atoms with E-state index < -0.39 is 0 Å². The minimum Gasteiger partial charge on any atom is -0.302 e. The topological polar surface area (TPSA) is 85.1 Å². The normalized spacial score (nSPS) is 12.6. The van der Waals surface area contributed by atoms with Crippen molar-refractivity contribution in [1.29, 1.82) is 0 Å². The van der Waals surface area contributed by atoms with E-state index in [1.54, 1.807) is 19.5 Å². The lowest BCUT2D eigenvalue weighted by atomic mass is 9.95. The van der Waals surface area contributed by atoms with Crippen LogP contribution < -0.4 is 5.32 Å². The highest BCUT2D eigenvalue weighted by Gasteiger charge is 2.30. The first-order chi connectivity index (χ1) is 15.5. The van der Waals surface area contributed by atoms with Gasteiger partial charge in [0.05, 0.1) is 32.7 Å². The molecule has 0 saturated carbocycles. The maximum atomic E-state index is 11.6. The molecular formula is C23H19ClN6OS. The summed E-state index contributed by atoms with van der Waals surface area (Å²) in [5.41, 5.74) is 6.62. The molecule has 160 valence electrons. The second-order valence-corrected chi connectivity index (χ2v) is 8.80. The van der Waals surface area contributed by atoms with Crippen LogP contribution in [0.1, 0.15) is 23.7 Å². The fraction of sp³-hybridized carbons (Fsp3) is 0.174. The highest BCUT2D eigenvalue weighted by Crippen LogP contribution is 2.44. The molecule has 9 heteroatoms. The molecule has 1 aromatic carbocycles. The standard InChI is InChI=1S/C23H19ClN6OS/c1-13(31)27-23-28-19-8-7-17-20(15-4-3-9-26-12-15)29-30(21(17)22(19)32-23)16-6-5-14(11-25-2)18(24)10-16/h3-6,9-12H,7-8H2,1-2H3,(H,27,28,31). The van der Waals surface area contributed by atoms with Gasteiger partial charge in [0.25, 0.3) is 0 Å². The Morgan fingerprint density at radius 2 is 2.19 bits per heavy atom. The van der Waals surface area contributed by atoms with Crippen LogP contribution in [0.3, 0.4) is 0 Å². The lowest BCUT2D eigenvalue weighted by Gasteiger charge is -2.14. The summed E-state index contributed by atoms with van der Waals surface area (Å²) in [7, 11) is 1.71. The SMILES string of the molecule is CN=Cc1ccc(-n2nc(-c3cccnc3)c3c2-c2sc(NC(C)=O)nc2CC3)cc1Cl. The summed E-state index contributed by atoms with van der Waals surface area (Å²) in [6.07, 6.45) is 6.88. The van der Waals surface area contributed by atoms with Crippen molar-refractivity contribution in [3.05, 3.63) is 64.6 Å². The largest absolute Gasteiger partial charge is 0.302 e. The second kappa shape index (κ2) is 8.29. The van der Waals surface area contributed by atoms with E-state index in [1.165, 1.54) is 18.3 Å². The van der Waals surface area contributed by atoms with Crippen molar-refractivity contribution in [1.82, 2.24) is 19.7 Å². The summed E-state index contributed by atoms with van der Waals surface area (Å²) < 4.78 is 1.92. The Labute approximate surface area is 193 Å². The van der Waals surface area contributed by atoms with Crippen LogP contribution in [-0.4, -0.2) is 38.9 Å². The number of hydrogen-bond acceptors (Lipinski definition) is 6. The number of fused-ring (bicyclic) bond motifs is 3. The Morgan fingerprint density at radius 1 is 1.31 bits per heavy atom. The van der Waals surface area contributed by atoms with Crippen molar-refractivity contribution in [2.24, 2.45) is 4.99 Å². The maximum Gasteiger partial charge on any atom is 0.223 e. The molecule has 32 heavy (non-hydrogen) atoms. The number of pyridine rings is 1. The van der Waals surface area contributed by atoms with Gasteiger partial charge in [-0.05, 0) is 43.2 Å². The summed E-state index contributed by atoms with van der Waals surface area (Å²) in [6, 6.07) is 9.72. The minimum atomic E-state index is -0.138. The molecule has 1 N–H and O–H groups in total. The lowest BCUT2D eigenvalue weighted by Crippen LogP contribution is -2.07. The molecule has 0 atom stereocenters. The molecule has 3 heterocycles. The van der Waals surface area contributed by atoms with Crippen LogP contribution in [0.4, 0.5) is 5.13 Å². The van der Waals surface area contributed by atoms with E-state index in [9.17, 15) is 4.79 Å². The van der Waals surface area contributed by atoms with E-state index in [0.717, 1.165) is 57.2 Å². The fourth-order valence-electron chi connectivity index (χ4n) is 3.89. The number of carbonyl (C=O) groups excluding carboxylic acids is 1. The molecule has 0 radical (unpaired) electrons. The van der Waals surface area contributed by atoms with Crippen LogP contribution in [0.15, 0.2) is 47.7 Å². The first-order valence-corrected chi connectivity index (χ1v) is 11.3. The summed E-state index contributed by atoms with van der Waals surface area (Å²) in [5.74, 6) is -0.138. The lowest BCUT2D eigenvalue weighted by molar-refractivity contribution is -0.114. The number of aromatic nitrogens is 4. The number of carbonyl (C=O) groups is 1. The van der Waals surface area contributed by atoms with Crippen LogP contribution in [0.25, 0.3) is 27.5 Å². The number of amides is 1. The van der Waals surface area contributed by atoms with Crippen molar-refractivity contribution in [2.45, 2.75) is 19.8 Å². The average Bonchev–Trinajstić information content (AvgIpc) is 3.36. The molecule has 0 fully saturated rings. The van der Waals surface area contributed by atoms with E-state index in [4.69, 9.17) is 16.7 Å². The van der Waals surface area contributed by atoms with Gasteiger partial charge in [-0.25, -0.2) is 9.67 Å². The monoisotopic (exact) mass is 462 g/mol. The first-order valence-electron chi connectivity index (χ1n) is 10.1. The molecule has 7 nitrogen and oxygen atoms in total. The number of anilines is 1. The van der Waals surface area contributed by atoms with Gasteiger partial charge in [-0.3, -0.25) is 14.8 Å². The van der Waals surface area contributed by atoms with Gasteiger partial charge in [-0.15, -0.1) is 0 Å². The molecule has 3 aromatic heterocycles. The predicted molar refractivity (Wildman–Crippen MR) is 128 cm³/mol. The van der Waals surface area contributed by atoms with E-state index in [2.05, 4.69) is 20.3 Å². The third kappa shape index (κ3) is 3.61. The summed E-state index contributed by atoms with van der Waals surface area (Å²) in [4.78, 5) is 25.6. The van der Waals surface area contributed by atoms with Crippen molar-refractivity contribution < 1.29 is 4.79 Å². The molecule has 0 unspecified atom stereocenters. The van der Waals surface area contributed by atoms with Gasteiger partial charge in [0, 0.05) is 49.3 Å². The number of nitrogens with zero attached hydrogens (tertiary/aromatic N) is 5. The second-order valence-electron chi connectivity index (χ2n) is 7.40. The van der Waals surface area contributed by atoms with Crippen molar-refractivity contribution in [3.8, 4) is 27.5 Å². The zero-order valence-electron chi connectivity index (χ0n) is 17.5. The molecule has 1 aliphatic rings. The van der Waals surface area contributed by atoms with Gasteiger partial charge >= 0.3 is 0 Å². The third-order valence-electron chi connectivity index (χ3n) is 5.22. The number of thiazole rings is 1. The molecule has 0 spiro atoms. The Balaban J connectivity index is 1.73. The quantitative estimate of drug-likeness (QED) is 0.441. The first kappa shape index (κ1) is 20.5. The van der Waals surface area contributed by atoms with Gasteiger partial charge < -0.3 is 5.32 Å². The molecule has 4 aromatic rings. The molecule has 0 aliphatic heterocycles. The Hall–Kier alpha value is -3.36. The number of rotatable bonds is 4. The number of halogens is 1. The van der Waals surface area contributed by atoms with Crippen molar-refractivity contribution >= 4 is 40.2 Å². The summed E-state index contributed by atoms with van der Waals surface area (Å²) in [6.45, 7) is 1.49. The Bertz CT molecular complexity index is 1360. The predicted octanol–water partition coefficient (Wildman–Crippen LogP) is 4.82. The van der Waals surface area contributed by atoms with Gasteiger partial charge in [0.1, 0.15) is 0 Å². The van der Waals surface area contributed by atoms with E-state index in [1.807, 2.05) is 41.2 Å². The van der Waals surface area contributed by atoms with Gasteiger partial charge in [-0.2, -0.15) is 5.10 Å². The van der Waals surface area contributed by atoms with Crippen molar-refractivity contribution in [2.75, 3.05) is 12.4 Å². The highest BCUT2D eigenvalue weighted by atomic mass is 35.5. The molecule has 1 amide bonds. The zero-order chi connectivity index (χ0) is 22.2. The number of aliphatic imine (C=N–C) groups is 1. The van der Waals surface area contributed by atoms with Crippen molar-refractivity contribution in [3.63, 3.8) is 0 Å². The summed E-state index contributed by atoms with van der Waals surface area (Å²) >= 11 is 7.99. The van der Waals surface area contributed by atoms with E-state index >= 15 is 0 Å². The smallest absolute Gasteiger partial charge is 0.223 e. The number of aryl methyl sites for hydroxylation is 1. The van der Waals surface area contributed by atoms with Crippen LogP contribution in [0.2, 0.25) is 5.02 Å². The number of nitrogens with one attached hydrogen (secondary N) is 1. The van der Waals surface area contributed by atoms with E-state index in [-0.39, 0.29) is 5.91 Å². The molecule has 5 rings (SSSR count). The highest BCUT2D eigenvalue weighted by molar-refractivity contribution is 7.19. The van der Waals surface area contributed by atoms with Gasteiger partial charge in [0.15, 0.2) is 5.13 Å². The molecule has 0 bridgehead atoms. The van der Waals surface area contributed by atoms with E-state index in [0.29, 0.717) is 10.2 Å².